The highest BCUT2D eigenvalue weighted by Gasteiger charge is 2.13. The Morgan fingerprint density at radius 1 is 1.42 bits per heavy atom. The minimum atomic E-state index is 0.296. The van der Waals surface area contributed by atoms with Crippen molar-refractivity contribution in [3.8, 4) is 0 Å². The van der Waals surface area contributed by atoms with Gasteiger partial charge in [-0.15, -0.1) is 10.2 Å². The molecule has 0 aromatic carbocycles. The minimum Gasteiger partial charge on any atom is -0.310 e. The van der Waals surface area contributed by atoms with Gasteiger partial charge in [-0.2, -0.15) is 0 Å². The summed E-state index contributed by atoms with van der Waals surface area (Å²) in [6, 6.07) is 4.40. The van der Waals surface area contributed by atoms with Crippen LogP contribution in [0.1, 0.15) is 36.9 Å². The van der Waals surface area contributed by atoms with Gasteiger partial charge in [-0.25, -0.2) is 4.98 Å². The van der Waals surface area contributed by atoms with Crippen LogP contribution < -0.4 is 5.32 Å². The van der Waals surface area contributed by atoms with Gasteiger partial charge in [-0.05, 0) is 44.6 Å². The Hall–Kier alpha value is -0.980. The lowest BCUT2D eigenvalue weighted by atomic mass is 10.1. The standard InChI is InChI=1S/C13H18N4S2/c1-4-7-14-9(2)11-6-5-8-15-12(11)19-13-17-16-10(3)18-13/h5-6,8-9,14H,4,7H2,1-3H3. The molecule has 0 aliphatic heterocycles. The molecule has 2 rings (SSSR count). The number of aryl methyl sites for hydroxylation is 1. The van der Waals surface area contributed by atoms with Gasteiger partial charge >= 0.3 is 0 Å². The minimum absolute atomic E-state index is 0.296. The Balaban J connectivity index is 2.16. The highest BCUT2D eigenvalue weighted by molar-refractivity contribution is 8.01. The fourth-order valence-corrected chi connectivity index (χ4v) is 3.60. The van der Waals surface area contributed by atoms with Gasteiger partial charge in [0.2, 0.25) is 0 Å². The van der Waals surface area contributed by atoms with E-state index in [9.17, 15) is 0 Å². The molecule has 6 heteroatoms. The van der Waals surface area contributed by atoms with Gasteiger partial charge in [0.15, 0.2) is 4.34 Å². The maximum Gasteiger partial charge on any atom is 0.180 e. The van der Waals surface area contributed by atoms with Crippen molar-refractivity contribution in [3.63, 3.8) is 0 Å². The van der Waals surface area contributed by atoms with E-state index in [1.165, 1.54) is 5.56 Å². The lowest BCUT2D eigenvalue weighted by Gasteiger charge is -2.15. The fraction of sp³-hybridized carbons (Fsp3) is 0.462. The van der Waals surface area contributed by atoms with Crippen LogP contribution in [-0.2, 0) is 0 Å². The zero-order valence-corrected chi connectivity index (χ0v) is 13.0. The summed E-state index contributed by atoms with van der Waals surface area (Å²) < 4.78 is 0.945. The van der Waals surface area contributed by atoms with E-state index >= 15 is 0 Å². The highest BCUT2D eigenvalue weighted by Crippen LogP contribution is 2.32. The fourth-order valence-electron chi connectivity index (χ4n) is 1.69. The molecule has 102 valence electrons. The lowest BCUT2D eigenvalue weighted by molar-refractivity contribution is 0.560. The van der Waals surface area contributed by atoms with E-state index in [2.05, 4.69) is 40.4 Å². The Labute approximate surface area is 122 Å². The van der Waals surface area contributed by atoms with E-state index in [0.29, 0.717) is 6.04 Å². The summed E-state index contributed by atoms with van der Waals surface area (Å²) in [5.41, 5.74) is 1.22. The summed E-state index contributed by atoms with van der Waals surface area (Å²) in [5.74, 6) is 0. The van der Waals surface area contributed by atoms with Gasteiger partial charge in [-0.3, -0.25) is 0 Å². The van der Waals surface area contributed by atoms with Crippen molar-refractivity contribution in [3.05, 3.63) is 28.9 Å². The predicted molar refractivity (Wildman–Crippen MR) is 79.7 cm³/mol. The summed E-state index contributed by atoms with van der Waals surface area (Å²) >= 11 is 3.19. The molecule has 19 heavy (non-hydrogen) atoms. The SMILES string of the molecule is CCCNC(C)c1cccnc1Sc1nnc(C)s1. The molecule has 0 saturated heterocycles. The predicted octanol–water partition coefficient (Wildman–Crippen LogP) is 3.45. The smallest absolute Gasteiger partial charge is 0.180 e. The Morgan fingerprint density at radius 3 is 2.95 bits per heavy atom. The van der Waals surface area contributed by atoms with Crippen LogP contribution in [0.5, 0.6) is 0 Å². The maximum absolute atomic E-state index is 4.47. The van der Waals surface area contributed by atoms with Crippen LogP contribution in [0.15, 0.2) is 27.7 Å². The van der Waals surface area contributed by atoms with Gasteiger partial charge in [0.25, 0.3) is 0 Å². The number of pyridine rings is 1. The lowest BCUT2D eigenvalue weighted by Crippen LogP contribution is -2.20. The number of rotatable bonds is 6. The van der Waals surface area contributed by atoms with E-state index in [1.54, 1.807) is 23.1 Å². The van der Waals surface area contributed by atoms with Crippen LogP contribution in [0.25, 0.3) is 0 Å². The molecule has 0 fully saturated rings. The van der Waals surface area contributed by atoms with E-state index in [1.807, 2.05) is 19.2 Å². The van der Waals surface area contributed by atoms with Crippen LogP contribution in [0.2, 0.25) is 0 Å². The van der Waals surface area contributed by atoms with Crippen molar-refractivity contribution >= 4 is 23.1 Å². The van der Waals surface area contributed by atoms with Crippen LogP contribution in [0.4, 0.5) is 0 Å². The molecule has 1 unspecified atom stereocenters. The molecule has 1 atom stereocenters. The number of nitrogens with one attached hydrogen (secondary N) is 1. The van der Waals surface area contributed by atoms with E-state index in [0.717, 1.165) is 27.3 Å². The molecule has 0 bridgehead atoms. The van der Waals surface area contributed by atoms with Crippen molar-refractivity contribution in [2.24, 2.45) is 0 Å². The molecule has 0 aliphatic carbocycles. The molecule has 2 heterocycles. The van der Waals surface area contributed by atoms with Gasteiger partial charge in [0.1, 0.15) is 10.0 Å². The molecule has 2 aromatic rings. The van der Waals surface area contributed by atoms with Crippen LogP contribution >= 0.6 is 23.1 Å². The van der Waals surface area contributed by atoms with Crippen molar-refractivity contribution in [2.75, 3.05) is 6.54 Å². The largest absolute Gasteiger partial charge is 0.310 e. The Bertz CT molecular complexity index is 527. The monoisotopic (exact) mass is 294 g/mol. The summed E-state index contributed by atoms with van der Waals surface area (Å²) in [6.45, 7) is 7.31. The first-order chi connectivity index (χ1) is 9.20. The zero-order chi connectivity index (χ0) is 13.7. The summed E-state index contributed by atoms with van der Waals surface area (Å²) in [7, 11) is 0. The molecule has 0 saturated carbocycles. The van der Waals surface area contributed by atoms with Crippen LogP contribution in [0, 0.1) is 6.92 Å². The first kappa shape index (κ1) is 14.4. The summed E-state index contributed by atoms with van der Waals surface area (Å²) in [5, 5.41) is 13.7. The molecule has 0 spiro atoms. The number of hydrogen-bond donors (Lipinski definition) is 1. The normalized spacial score (nSPS) is 12.6. The molecule has 4 nitrogen and oxygen atoms in total. The molecular formula is C13H18N4S2. The van der Waals surface area contributed by atoms with Crippen molar-refractivity contribution < 1.29 is 0 Å². The molecular weight excluding hydrogens is 276 g/mol. The second-order valence-electron chi connectivity index (χ2n) is 4.26. The number of hydrogen-bond acceptors (Lipinski definition) is 6. The van der Waals surface area contributed by atoms with Crippen molar-refractivity contribution in [1.82, 2.24) is 20.5 Å². The van der Waals surface area contributed by atoms with E-state index in [-0.39, 0.29) is 0 Å². The summed E-state index contributed by atoms with van der Waals surface area (Å²) in [6.07, 6.45) is 2.95. The molecule has 2 aromatic heterocycles. The van der Waals surface area contributed by atoms with Gasteiger partial charge in [0.05, 0.1) is 0 Å². The number of aromatic nitrogens is 3. The average Bonchev–Trinajstić information content (AvgIpc) is 2.82. The highest BCUT2D eigenvalue weighted by atomic mass is 32.2. The second kappa shape index (κ2) is 6.98. The molecule has 0 radical (unpaired) electrons. The summed E-state index contributed by atoms with van der Waals surface area (Å²) in [4.78, 5) is 4.47. The Kier molecular flexibility index (Phi) is 5.30. The zero-order valence-electron chi connectivity index (χ0n) is 11.4. The third kappa shape index (κ3) is 3.99. The first-order valence-corrected chi connectivity index (χ1v) is 8.00. The van der Waals surface area contributed by atoms with Gasteiger partial charge in [-0.1, -0.05) is 24.3 Å². The van der Waals surface area contributed by atoms with Gasteiger partial charge in [0, 0.05) is 17.8 Å². The second-order valence-corrected chi connectivity index (χ2v) is 6.68. The van der Waals surface area contributed by atoms with Crippen molar-refractivity contribution in [1.29, 1.82) is 0 Å². The third-order valence-electron chi connectivity index (χ3n) is 2.66. The maximum atomic E-state index is 4.47. The van der Waals surface area contributed by atoms with Crippen LogP contribution in [0.3, 0.4) is 0 Å². The topological polar surface area (TPSA) is 50.7 Å². The first-order valence-electron chi connectivity index (χ1n) is 6.37. The van der Waals surface area contributed by atoms with Gasteiger partial charge < -0.3 is 5.32 Å². The van der Waals surface area contributed by atoms with E-state index in [4.69, 9.17) is 0 Å². The number of nitrogens with zero attached hydrogens (tertiary/aromatic N) is 3. The molecule has 1 N–H and O–H groups in total. The van der Waals surface area contributed by atoms with Crippen molar-refractivity contribution in [2.45, 2.75) is 42.6 Å². The molecule has 0 amide bonds. The molecule has 0 aliphatic rings. The van der Waals surface area contributed by atoms with Crippen LogP contribution in [-0.4, -0.2) is 21.7 Å². The third-order valence-corrected chi connectivity index (χ3v) is 4.58. The average molecular weight is 294 g/mol. The van der Waals surface area contributed by atoms with E-state index < -0.39 is 0 Å². The quantitative estimate of drug-likeness (QED) is 0.884. The Morgan fingerprint density at radius 2 is 2.26 bits per heavy atom.